The molecule has 1 aromatic rings. The molecule has 0 aliphatic heterocycles. The molecule has 0 aliphatic rings. The van der Waals surface area contributed by atoms with E-state index in [2.05, 4.69) is 16.6 Å². The molecule has 6 heteroatoms. The van der Waals surface area contributed by atoms with Crippen molar-refractivity contribution < 1.29 is 13.5 Å². The number of anilines is 1. The molecule has 20 heavy (non-hydrogen) atoms. The lowest BCUT2D eigenvalue weighted by Crippen LogP contribution is -2.17. The van der Waals surface area contributed by atoms with Gasteiger partial charge in [-0.05, 0) is 24.6 Å². The van der Waals surface area contributed by atoms with E-state index in [0.29, 0.717) is 29.1 Å². The second kappa shape index (κ2) is 8.15. The molecule has 0 saturated carbocycles. The van der Waals surface area contributed by atoms with Gasteiger partial charge in [-0.15, -0.1) is 0 Å². The Bertz CT molecular complexity index is 603. The van der Waals surface area contributed by atoms with E-state index in [0.717, 1.165) is 6.42 Å². The van der Waals surface area contributed by atoms with Crippen molar-refractivity contribution in [2.24, 2.45) is 0 Å². The summed E-state index contributed by atoms with van der Waals surface area (Å²) in [5, 5.41) is 9.19. The summed E-state index contributed by atoms with van der Waals surface area (Å²) in [7, 11) is -3.37. The van der Waals surface area contributed by atoms with E-state index in [-0.39, 0.29) is 12.4 Å². The third kappa shape index (κ3) is 5.83. The highest BCUT2D eigenvalue weighted by molar-refractivity contribution is 7.92. The minimum atomic E-state index is -3.37. The van der Waals surface area contributed by atoms with E-state index in [1.807, 2.05) is 6.92 Å². The Morgan fingerprint density at radius 2 is 2.15 bits per heavy atom. The van der Waals surface area contributed by atoms with Gasteiger partial charge in [-0.1, -0.05) is 36.8 Å². The highest BCUT2D eigenvalue weighted by Crippen LogP contribution is 2.21. The number of aliphatic hydroxyl groups excluding tert-OH is 1. The molecular formula is C14H18ClNO3S. The van der Waals surface area contributed by atoms with Gasteiger partial charge in [-0.3, -0.25) is 4.72 Å². The Balaban J connectivity index is 2.98. The van der Waals surface area contributed by atoms with E-state index in [1.165, 1.54) is 0 Å². The van der Waals surface area contributed by atoms with Crippen LogP contribution < -0.4 is 4.72 Å². The first-order valence-electron chi connectivity index (χ1n) is 6.38. The van der Waals surface area contributed by atoms with Crippen molar-refractivity contribution in [2.45, 2.75) is 26.2 Å². The molecule has 4 nitrogen and oxygen atoms in total. The summed E-state index contributed by atoms with van der Waals surface area (Å²) in [5.74, 6) is 5.65. The van der Waals surface area contributed by atoms with Gasteiger partial charge in [0.15, 0.2) is 0 Å². The number of sulfonamides is 1. The Morgan fingerprint density at radius 3 is 2.80 bits per heavy atom. The molecule has 1 aromatic carbocycles. The molecule has 1 rings (SSSR count). The summed E-state index contributed by atoms with van der Waals surface area (Å²) < 4.78 is 26.3. The monoisotopic (exact) mass is 315 g/mol. The molecule has 0 bridgehead atoms. The summed E-state index contributed by atoms with van der Waals surface area (Å²) in [6, 6.07) is 4.80. The Hall–Kier alpha value is -1.22. The van der Waals surface area contributed by atoms with Gasteiger partial charge in [0.2, 0.25) is 10.0 Å². The number of hydrogen-bond acceptors (Lipinski definition) is 3. The van der Waals surface area contributed by atoms with Crippen molar-refractivity contribution in [3.63, 3.8) is 0 Å². The van der Waals surface area contributed by atoms with Crippen LogP contribution in [-0.2, 0) is 10.0 Å². The van der Waals surface area contributed by atoms with E-state index < -0.39 is 10.0 Å². The lowest BCUT2D eigenvalue weighted by molar-refractivity contribution is 0.305. The van der Waals surface area contributed by atoms with Gasteiger partial charge >= 0.3 is 0 Å². The molecule has 2 N–H and O–H groups in total. The van der Waals surface area contributed by atoms with Gasteiger partial charge in [-0.2, -0.15) is 0 Å². The number of benzene rings is 1. The summed E-state index contributed by atoms with van der Waals surface area (Å²) in [6.07, 6.45) is 1.74. The van der Waals surface area contributed by atoms with Crippen LogP contribution in [0.3, 0.4) is 0 Å². The number of rotatable bonds is 6. The standard InChI is InChI=1S/C14H18ClNO3S/c1-2-3-10-20(18,19)16-14-8-7-13(15)11-12(14)6-4-5-9-17/h7-8,11,16-17H,2-3,5,9-10H2,1H3. The normalized spacial score (nSPS) is 10.8. The van der Waals surface area contributed by atoms with Crippen molar-refractivity contribution in [2.75, 3.05) is 17.1 Å². The highest BCUT2D eigenvalue weighted by Gasteiger charge is 2.12. The molecule has 110 valence electrons. The lowest BCUT2D eigenvalue weighted by Gasteiger charge is -2.09. The van der Waals surface area contributed by atoms with E-state index in [1.54, 1.807) is 18.2 Å². The van der Waals surface area contributed by atoms with Crippen molar-refractivity contribution >= 4 is 27.3 Å². The van der Waals surface area contributed by atoms with Gasteiger partial charge in [0.1, 0.15) is 0 Å². The van der Waals surface area contributed by atoms with Gasteiger partial charge in [0.25, 0.3) is 0 Å². The van der Waals surface area contributed by atoms with Gasteiger partial charge in [0, 0.05) is 11.4 Å². The van der Waals surface area contributed by atoms with Crippen molar-refractivity contribution in [1.29, 1.82) is 0 Å². The smallest absolute Gasteiger partial charge is 0.232 e. The molecule has 0 heterocycles. The van der Waals surface area contributed by atoms with Crippen LogP contribution in [0.15, 0.2) is 18.2 Å². The van der Waals surface area contributed by atoms with Crippen LogP contribution in [0.5, 0.6) is 0 Å². The topological polar surface area (TPSA) is 66.4 Å². The number of unbranched alkanes of at least 4 members (excludes halogenated alkanes) is 1. The maximum absolute atomic E-state index is 11.9. The Morgan fingerprint density at radius 1 is 1.40 bits per heavy atom. The maximum Gasteiger partial charge on any atom is 0.232 e. The molecular weight excluding hydrogens is 298 g/mol. The van der Waals surface area contributed by atoms with Crippen LogP contribution in [-0.4, -0.2) is 25.9 Å². The molecule has 0 unspecified atom stereocenters. The number of halogens is 1. The number of aliphatic hydroxyl groups is 1. The fraction of sp³-hybridized carbons (Fsp3) is 0.429. The van der Waals surface area contributed by atoms with Crippen LogP contribution in [0, 0.1) is 11.8 Å². The average molecular weight is 316 g/mol. The summed E-state index contributed by atoms with van der Waals surface area (Å²) in [4.78, 5) is 0. The van der Waals surface area contributed by atoms with Crippen LogP contribution >= 0.6 is 11.6 Å². The van der Waals surface area contributed by atoms with E-state index >= 15 is 0 Å². The lowest BCUT2D eigenvalue weighted by atomic mass is 10.2. The van der Waals surface area contributed by atoms with Crippen LogP contribution in [0.4, 0.5) is 5.69 Å². The van der Waals surface area contributed by atoms with Crippen molar-refractivity contribution in [3.05, 3.63) is 28.8 Å². The minimum absolute atomic E-state index is 0.0366. The second-order valence-corrected chi connectivity index (χ2v) is 6.52. The highest BCUT2D eigenvalue weighted by atomic mass is 35.5. The predicted octanol–water partition coefficient (Wildman–Crippen LogP) is 2.62. The SMILES string of the molecule is CCCCS(=O)(=O)Nc1ccc(Cl)cc1C#CCCO. The summed E-state index contributed by atoms with van der Waals surface area (Å²) in [5.41, 5.74) is 0.918. The zero-order chi connectivity index (χ0) is 15.0. The van der Waals surface area contributed by atoms with Crippen molar-refractivity contribution in [3.8, 4) is 11.8 Å². The zero-order valence-corrected chi connectivity index (χ0v) is 12.9. The predicted molar refractivity (Wildman–Crippen MR) is 82.4 cm³/mol. The van der Waals surface area contributed by atoms with Crippen LogP contribution in [0.1, 0.15) is 31.7 Å². The van der Waals surface area contributed by atoms with Crippen LogP contribution in [0.25, 0.3) is 0 Å². The van der Waals surface area contributed by atoms with Gasteiger partial charge in [-0.25, -0.2) is 8.42 Å². The van der Waals surface area contributed by atoms with Crippen LogP contribution in [0.2, 0.25) is 5.02 Å². The minimum Gasteiger partial charge on any atom is -0.395 e. The van der Waals surface area contributed by atoms with Crippen molar-refractivity contribution in [1.82, 2.24) is 0 Å². The van der Waals surface area contributed by atoms with Gasteiger partial charge in [0.05, 0.1) is 23.6 Å². The first kappa shape index (κ1) is 16.8. The molecule has 0 saturated heterocycles. The molecule has 0 radical (unpaired) electrons. The molecule has 0 aliphatic carbocycles. The maximum atomic E-state index is 11.9. The fourth-order valence-corrected chi connectivity index (χ4v) is 2.93. The second-order valence-electron chi connectivity index (χ2n) is 4.24. The van der Waals surface area contributed by atoms with Gasteiger partial charge < -0.3 is 5.11 Å². The third-order valence-corrected chi connectivity index (χ3v) is 4.07. The first-order chi connectivity index (χ1) is 9.48. The third-order valence-electron chi connectivity index (χ3n) is 2.47. The van der Waals surface area contributed by atoms with E-state index in [4.69, 9.17) is 16.7 Å². The Labute approximate surface area is 125 Å². The largest absolute Gasteiger partial charge is 0.395 e. The zero-order valence-electron chi connectivity index (χ0n) is 11.3. The fourth-order valence-electron chi connectivity index (χ4n) is 1.48. The molecule has 0 atom stereocenters. The summed E-state index contributed by atoms with van der Waals surface area (Å²) >= 11 is 5.89. The Kier molecular flexibility index (Phi) is 6.86. The van der Waals surface area contributed by atoms with E-state index in [9.17, 15) is 8.42 Å². The molecule has 0 spiro atoms. The summed E-state index contributed by atoms with van der Waals surface area (Å²) in [6.45, 7) is 1.90. The molecule has 0 amide bonds. The quantitative estimate of drug-likeness (QED) is 0.793. The average Bonchev–Trinajstić information content (AvgIpc) is 2.40. The number of hydrogen-bond donors (Lipinski definition) is 2. The number of nitrogens with one attached hydrogen (secondary N) is 1. The molecule has 0 fully saturated rings. The first-order valence-corrected chi connectivity index (χ1v) is 8.41. The molecule has 0 aromatic heterocycles.